The quantitative estimate of drug-likeness (QED) is 0.826. The summed E-state index contributed by atoms with van der Waals surface area (Å²) in [6, 6.07) is 11.6. The second-order valence-corrected chi connectivity index (χ2v) is 6.27. The number of benzene rings is 1. The lowest BCUT2D eigenvalue weighted by Gasteiger charge is -2.33. The number of rotatable bonds is 3. The monoisotopic (exact) mass is 280 g/mol. The van der Waals surface area contributed by atoms with Crippen molar-refractivity contribution in [3.8, 4) is 11.1 Å². The van der Waals surface area contributed by atoms with Gasteiger partial charge in [0.2, 0.25) is 0 Å². The first-order valence-electron chi connectivity index (χ1n) is 7.97. The third kappa shape index (κ3) is 3.51. The predicted molar refractivity (Wildman–Crippen MR) is 88.1 cm³/mol. The summed E-state index contributed by atoms with van der Waals surface area (Å²) in [4.78, 5) is 7.04. The number of hydrogen-bond acceptors (Lipinski definition) is 2. The van der Waals surface area contributed by atoms with Gasteiger partial charge in [-0.15, -0.1) is 0 Å². The molecule has 1 fully saturated rings. The van der Waals surface area contributed by atoms with Crippen LogP contribution in [0.5, 0.6) is 0 Å². The first kappa shape index (κ1) is 14.3. The van der Waals surface area contributed by atoms with Gasteiger partial charge >= 0.3 is 0 Å². The van der Waals surface area contributed by atoms with Crippen molar-refractivity contribution in [1.82, 2.24) is 9.88 Å². The van der Waals surface area contributed by atoms with Crippen LogP contribution in [0, 0.1) is 6.92 Å². The fraction of sp³-hybridized carbons (Fsp3) is 0.421. The third-order valence-electron chi connectivity index (χ3n) is 4.47. The van der Waals surface area contributed by atoms with Gasteiger partial charge < -0.3 is 0 Å². The maximum atomic E-state index is 4.45. The Morgan fingerprint density at radius 2 is 2.05 bits per heavy atom. The van der Waals surface area contributed by atoms with E-state index in [2.05, 4.69) is 54.1 Å². The molecule has 0 N–H and O–H groups in total. The Kier molecular flexibility index (Phi) is 4.35. The normalized spacial score (nSPS) is 19.6. The minimum Gasteiger partial charge on any atom is -0.296 e. The molecule has 110 valence electrons. The van der Waals surface area contributed by atoms with Crippen LogP contribution in [-0.2, 0) is 6.54 Å². The van der Waals surface area contributed by atoms with Crippen molar-refractivity contribution in [1.29, 1.82) is 0 Å². The van der Waals surface area contributed by atoms with E-state index in [1.165, 1.54) is 48.1 Å². The van der Waals surface area contributed by atoms with Crippen molar-refractivity contribution in [3.63, 3.8) is 0 Å². The fourth-order valence-corrected chi connectivity index (χ4v) is 3.18. The average Bonchev–Trinajstić information content (AvgIpc) is 2.50. The van der Waals surface area contributed by atoms with Gasteiger partial charge in [0, 0.05) is 30.5 Å². The summed E-state index contributed by atoms with van der Waals surface area (Å²) in [5.74, 6) is 0. The van der Waals surface area contributed by atoms with Crippen LogP contribution < -0.4 is 0 Å². The summed E-state index contributed by atoms with van der Waals surface area (Å²) in [6.07, 6.45) is 8.01. The molecule has 1 aromatic carbocycles. The molecule has 3 rings (SSSR count). The molecule has 1 unspecified atom stereocenters. The number of likely N-dealkylation sites (tertiary alicyclic amines) is 1. The maximum Gasteiger partial charge on any atom is 0.0346 e. The first-order valence-corrected chi connectivity index (χ1v) is 7.97. The predicted octanol–water partition coefficient (Wildman–Crippen LogP) is 4.43. The Labute approximate surface area is 127 Å². The molecule has 0 amide bonds. The first-order chi connectivity index (χ1) is 10.2. The summed E-state index contributed by atoms with van der Waals surface area (Å²) in [5.41, 5.74) is 5.10. The lowest BCUT2D eigenvalue weighted by atomic mass is 10.0. The number of piperidine rings is 1. The Hall–Kier alpha value is -1.67. The topological polar surface area (TPSA) is 16.1 Å². The van der Waals surface area contributed by atoms with Crippen LogP contribution in [-0.4, -0.2) is 22.5 Å². The van der Waals surface area contributed by atoms with E-state index in [0.29, 0.717) is 6.04 Å². The Morgan fingerprint density at radius 1 is 1.14 bits per heavy atom. The molecule has 0 radical (unpaired) electrons. The summed E-state index contributed by atoms with van der Waals surface area (Å²) >= 11 is 0. The molecule has 0 saturated carbocycles. The van der Waals surface area contributed by atoms with Crippen molar-refractivity contribution < 1.29 is 0 Å². The second kappa shape index (κ2) is 6.40. The molecule has 2 aromatic rings. The Balaban J connectivity index is 1.80. The van der Waals surface area contributed by atoms with Crippen molar-refractivity contribution in [3.05, 3.63) is 53.9 Å². The Bertz CT molecular complexity index is 606. The summed E-state index contributed by atoms with van der Waals surface area (Å²) in [6.45, 7) is 6.72. The van der Waals surface area contributed by atoms with Gasteiger partial charge in [0.25, 0.3) is 0 Å². The van der Waals surface area contributed by atoms with Crippen molar-refractivity contribution in [2.24, 2.45) is 0 Å². The molecule has 1 aliphatic rings. The summed E-state index contributed by atoms with van der Waals surface area (Å²) in [7, 11) is 0. The molecule has 1 aliphatic heterocycles. The van der Waals surface area contributed by atoms with Crippen LogP contribution >= 0.6 is 0 Å². The van der Waals surface area contributed by atoms with Crippen molar-refractivity contribution in [2.75, 3.05) is 6.54 Å². The fourth-order valence-electron chi connectivity index (χ4n) is 3.18. The van der Waals surface area contributed by atoms with Crippen molar-refractivity contribution in [2.45, 2.75) is 45.7 Å². The van der Waals surface area contributed by atoms with E-state index in [9.17, 15) is 0 Å². The standard InChI is InChI=1S/C19H24N2/c1-15-6-5-8-18(10-15)19-11-17(12-20-13-19)14-21-9-4-3-7-16(21)2/h5-6,8,10-13,16H,3-4,7,9,14H2,1-2H3. The highest BCUT2D eigenvalue weighted by atomic mass is 15.2. The van der Waals surface area contributed by atoms with E-state index in [1.54, 1.807) is 0 Å². The molecule has 21 heavy (non-hydrogen) atoms. The van der Waals surface area contributed by atoms with Gasteiger partial charge in [0.05, 0.1) is 0 Å². The minimum absolute atomic E-state index is 0.696. The highest BCUT2D eigenvalue weighted by Crippen LogP contribution is 2.23. The van der Waals surface area contributed by atoms with Gasteiger partial charge in [-0.05, 0) is 50.4 Å². The van der Waals surface area contributed by atoms with E-state index >= 15 is 0 Å². The third-order valence-corrected chi connectivity index (χ3v) is 4.47. The lowest BCUT2D eigenvalue weighted by Crippen LogP contribution is -2.36. The van der Waals surface area contributed by atoms with E-state index in [0.717, 1.165) is 6.54 Å². The van der Waals surface area contributed by atoms with E-state index in [-0.39, 0.29) is 0 Å². The zero-order valence-corrected chi connectivity index (χ0v) is 13.0. The molecule has 0 aliphatic carbocycles. The van der Waals surface area contributed by atoms with Crippen LogP contribution in [0.25, 0.3) is 11.1 Å². The molecule has 1 aromatic heterocycles. The van der Waals surface area contributed by atoms with Crippen LogP contribution in [0.15, 0.2) is 42.7 Å². The van der Waals surface area contributed by atoms with Crippen molar-refractivity contribution >= 4 is 0 Å². The largest absolute Gasteiger partial charge is 0.296 e. The van der Waals surface area contributed by atoms with E-state index < -0.39 is 0 Å². The molecule has 2 nitrogen and oxygen atoms in total. The van der Waals surface area contributed by atoms with E-state index in [4.69, 9.17) is 0 Å². The molecule has 0 bridgehead atoms. The maximum absolute atomic E-state index is 4.45. The average molecular weight is 280 g/mol. The zero-order chi connectivity index (χ0) is 14.7. The number of nitrogens with zero attached hydrogens (tertiary/aromatic N) is 2. The number of aryl methyl sites for hydroxylation is 1. The van der Waals surface area contributed by atoms with Gasteiger partial charge in [-0.2, -0.15) is 0 Å². The van der Waals surface area contributed by atoms with Gasteiger partial charge in [-0.25, -0.2) is 0 Å². The molecule has 0 spiro atoms. The smallest absolute Gasteiger partial charge is 0.0346 e. The van der Waals surface area contributed by atoms with Crippen LogP contribution in [0.2, 0.25) is 0 Å². The summed E-state index contributed by atoms with van der Waals surface area (Å²) in [5, 5.41) is 0. The Morgan fingerprint density at radius 3 is 2.86 bits per heavy atom. The SMILES string of the molecule is Cc1cccc(-c2cncc(CN3CCCCC3C)c2)c1. The highest BCUT2D eigenvalue weighted by Gasteiger charge is 2.18. The number of pyridine rings is 1. The van der Waals surface area contributed by atoms with Crippen LogP contribution in [0.1, 0.15) is 37.3 Å². The molecule has 2 heterocycles. The van der Waals surface area contributed by atoms with Gasteiger partial charge in [0.1, 0.15) is 0 Å². The molecule has 1 atom stereocenters. The zero-order valence-electron chi connectivity index (χ0n) is 13.0. The summed E-state index contributed by atoms with van der Waals surface area (Å²) < 4.78 is 0. The molecule has 2 heteroatoms. The van der Waals surface area contributed by atoms with Gasteiger partial charge in [0.15, 0.2) is 0 Å². The lowest BCUT2D eigenvalue weighted by molar-refractivity contribution is 0.152. The van der Waals surface area contributed by atoms with Crippen LogP contribution in [0.3, 0.4) is 0 Å². The van der Waals surface area contributed by atoms with Crippen LogP contribution in [0.4, 0.5) is 0 Å². The minimum atomic E-state index is 0.696. The second-order valence-electron chi connectivity index (χ2n) is 6.27. The highest BCUT2D eigenvalue weighted by molar-refractivity contribution is 5.63. The van der Waals surface area contributed by atoms with Gasteiger partial charge in [-0.3, -0.25) is 9.88 Å². The van der Waals surface area contributed by atoms with E-state index in [1.807, 2.05) is 12.4 Å². The molecular formula is C19H24N2. The molecular weight excluding hydrogens is 256 g/mol. The van der Waals surface area contributed by atoms with Gasteiger partial charge in [-0.1, -0.05) is 36.2 Å². The molecule has 1 saturated heterocycles. The number of hydrogen-bond donors (Lipinski definition) is 0. The number of aromatic nitrogens is 1.